The maximum absolute atomic E-state index is 12.5. The van der Waals surface area contributed by atoms with Crippen molar-refractivity contribution in [2.24, 2.45) is 0 Å². The van der Waals surface area contributed by atoms with Crippen LogP contribution in [0.25, 0.3) is 0 Å². The van der Waals surface area contributed by atoms with Gasteiger partial charge in [0.2, 0.25) is 0 Å². The van der Waals surface area contributed by atoms with Crippen molar-refractivity contribution in [3.8, 4) is 5.75 Å². The van der Waals surface area contributed by atoms with E-state index in [0.29, 0.717) is 13.1 Å². The van der Waals surface area contributed by atoms with Crippen LogP contribution in [0.3, 0.4) is 0 Å². The average Bonchev–Trinajstić information content (AvgIpc) is 2.35. The van der Waals surface area contributed by atoms with Crippen LogP contribution < -0.4 is 5.73 Å². The van der Waals surface area contributed by atoms with Crippen molar-refractivity contribution in [1.82, 2.24) is 9.80 Å². The van der Waals surface area contributed by atoms with Gasteiger partial charge in [0.1, 0.15) is 0 Å². The summed E-state index contributed by atoms with van der Waals surface area (Å²) in [6.45, 7) is 6.32. The molecule has 0 aromatic heterocycles. The number of benzene rings is 1. The molecule has 1 amide bonds. The lowest BCUT2D eigenvalue weighted by molar-refractivity contribution is 0.0309. The summed E-state index contributed by atoms with van der Waals surface area (Å²) in [6, 6.07) is 4.88. The molecule has 5 heteroatoms. The van der Waals surface area contributed by atoms with Crippen LogP contribution >= 0.6 is 0 Å². The summed E-state index contributed by atoms with van der Waals surface area (Å²) in [5, 5.41) is 9.90. The molecule has 1 aromatic carbocycles. The molecular weight excluding hydrogens is 242 g/mol. The SMILES string of the molecule is CN1CCN(C(=O)c2cccc(N)c2O)CC1(C)C. The summed E-state index contributed by atoms with van der Waals surface area (Å²) in [4.78, 5) is 16.5. The van der Waals surface area contributed by atoms with Crippen LogP contribution in [0, 0.1) is 0 Å². The van der Waals surface area contributed by atoms with Gasteiger partial charge >= 0.3 is 0 Å². The highest BCUT2D eigenvalue weighted by Crippen LogP contribution is 2.27. The van der Waals surface area contributed by atoms with Gasteiger partial charge in [-0.1, -0.05) is 6.07 Å². The first-order valence-corrected chi connectivity index (χ1v) is 6.41. The lowest BCUT2D eigenvalue weighted by Crippen LogP contribution is -2.58. The zero-order valence-electron chi connectivity index (χ0n) is 11.7. The van der Waals surface area contributed by atoms with Gasteiger partial charge in [-0.15, -0.1) is 0 Å². The van der Waals surface area contributed by atoms with Crippen LogP contribution in [0.15, 0.2) is 18.2 Å². The van der Waals surface area contributed by atoms with Crippen LogP contribution in [-0.4, -0.2) is 53.0 Å². The Labute approximate surface area is 113 Å². The second kappa shape index (κ2) is 4.74. The molecule has 1 aliphatic heterocycles. The third-order valence-electron chi connectivity index (χ3n) is 3.90. The Balaban J connectivity index is 2.23. The van der Waals surface area contributed by atoms with Crippen LogP contribution in [0.5, 0.6) is 5.75 Å². The number of nitrogens with zero attached hydrogens (tertiary/aromatic N) is 2. The number of hydrogen-bond donors (Lipinski definition) is 2. The van der Waals surface area contributed by atoms with Crippen molar-refractivity contribution in [2.75, 3.05) is 32.4 Å². The molecule has 1 fully saturated rings. The summed E-state index contributed by atoms with van der Waals surface area (Å²) in [7, 11) is 2.06. The van der Waals surface area contributed by atoms with Crippen molar-refractivity contribution in [1.29, 1.82) is 0 Å². The second-order valence-corrected chi connectivity index (χ2v) is 5.70. The lowest BCUT2D eigenvalue weighted by Gasteiger charge is -2.45. The van der Waals surface area contributed by atoms with Gasteiger partial charge in [-0.25, -0.2) is 0 Å². The van der Waals surface area contributed by atoms with Crippen LogP contribution in [0.4, 0.5) is 5.69 Å². The molecular formula is C14H21N3O2. The van der Waals surface area contributed by atoms with Crippen molar-refractivity contribution in [3.05, 3.63) is 23.8 Å². The van der Waals surface area contributed by atoms with Gasteiger partial charge in [-0.05, 0) is 33.0 Å². The van der Waals surface area contributed by atoms with E-state index >= 15 is 0 Å². The zero-order valence-corrected chi connectivity index (χ0v) is 11.7. The Morgan fingerprint density at radius 1 is 1.37 bits per heavy atom. The Morgan fingerprint density at radius 3 is 2.68 bits per heavy atom. The maximum Gasteiger partial charge on any atom is 0.257 e. The van der Waals surface area contributed by atoms with Gasteiger partial charge in [0.25, 0.3) is 5.91 Å². The highest BCUT2D eigenvalue weighted by Gasteiger charge is 2.34. The molecule has 1 aromatic rings. The fourth-order valence-corrected chi connectivity index (χ4v) is 2.32. The van der Waals surface area contributed by atoms with Gasteiger partial charge in [0, 0.05) is 25.2 Å². The molecule has 5 nitrogen and oxygen atoms in total. The van der Waals surface area contributed by atoms with E-state index in [0.717, 1.165) is 6.54 Å². The van der Waals surface area contributed by atoms with E-state index in [2.05, 4.69) is 25.8 Å². The number of nitrogens with two attached hydrogens (primary N) is 1. The van der Waals surface area contributed by atoms with Crippen molar-refractivity contribution in [3.63, 3.8) is 0 Å². The number of hydrogen-bond acceptors (Lipinski definition) is 4. The molecule has 0 unspecified atom stereocenters. The van der Waals surface area contributed by atoms with E-state index < -0.39 is 0 Å². The van der Waals surface area contributed by atoms with Crippen molar-refractivity contribution < 1.29 is 9.90 Å². The van der Waals surface area contributed by atoms with Gasteiger partial charge in [0.15, 0.2) is 5.75 Å². The molecule has 104 valence electrons. The number of piperazine rings is 1. The minimum atomic E-state index is -0.161. The molecule has 1 heterocycles. The number of carbonyl (C=O) groups excluding carboxylic acids is 1. The van der Waals surface area contributed by atoms with E-state index in [1.165, 1.54) is 0 Å². The zero-order chi connectivity index (χ0) is 14.2. The molecule has 0 radical (unpaired) electrons. The number of phenols is 1. The molecule has 0 aliphatic carbocycles. The topological polar surface area (TPSA) is 69.8 Å². The first kappa shape index (κ1) is 13.7. The summed E-state index contributed by atoms with van der Waals surface area (Å²) in [6.07, 6.45) is 0. The van der Waals surface area contributed by atoms with Crippen LogP contribution in [0.2, 0.25) is 0 Å². The van der Waals surface area contributed by atoms with Gasteiger partial charge in [-0.3, -0.25) is 9.69 Å². The number of para-hydroxylation sites is 1. The van der Waals surface area contributed by atoms with E-state index in [1.54, 1.807) is 23.1 Å². The fraction of sp³-hybridized carbons (Fsp3) is 0.500. The minimum Gasteiger partial charge on any atom is -0.505 e. The average molecular weight is 263 g/mol. The molecule has 3 N–H and O–H groups in total. The van der Waals surface area contributed by atoms with Crippen LogP contribution in [0.1, 0.15) is 24.2 Å². The van der Waals surface area contributed by atoms with Crippen molar-refractivity contribution >= 4 is 11.6 Å². The first-order chi connectivity index (χ1) is 8.83. The predicted octanol–water partition coefficient (Wildman–Crippen LogP) is 1.14. The quantitative estimate of drug-likeness (QED) is 0.589. The first-order valence-electron chi connectivity index (χ1n) is 6.41. The summed E-state index contributed by atoms with van der Waals surface area (Å²) < 4.78 is 0. The number of likely N-dealkylation sites (N-methyl/N-ethyl adjacent to an activating group) is 1. The monoisotopic (exact) mass is 263 g/mol. The van der Waals surface area contributed by atoms with Gasteiger partial charge < -0.3 is 15.7 Å². The van der Waals surface area contributed by atoms with E-state index in [9.17, 15) is 9.90 Å². The van der Waals surface area contributed by atoms with Crippen LogP contribution in [-0.2, 0) is 0 Å². The number of rotatable bonds is 1. The molecule has 0 bridgehead atoms. The standard InChI is InChI=1S/C14H21N3O2/c1-14(2)9-17(8-7-16(14)3)13(19)10-5-4-6-11(15)12(10)18/h4-6,18H,7-9,15H2,1-3H3. The molecule has 2 rings (SSSR count). The summed E-state index contributed by atoms with van der Waals surface area (Å²) in [5.41, 5.74) is 6.08. The highest BCUT2D eigenvalue weighted by molar-refractivity contribution is 5.98. The fourth-order valence-electron chi connectivity index (χ4n) is 2.32. The number of amides is 1. The Morgan fingerprint density at radius 2 is 2.05 bits per heavy atom. The van der Waals surface area contributed by atoms with Gasteiger partial charge in [0.05, 0.1) is 11.3 Å². The third-order valence-corrected chi connectivity index (χ3v) is 3.90. The number of phenolic OH excluding ortho intramolecular Hbond substituents is 1. The highest BCUT2D eigenvalue weighted by atomic mass is 16.3. The molecule has 19 heavy (non-hydrogen) atoms. The van der Waals surface area contributed by atoms with Crippen molar-refractivity contribution in [2.45, 2.75) is 19.4 Å². The van der Waals surface area contributed by atoms with E-state index in [-0.39, 0.29) is 28.4 Å². The number of carbonyl (C=O) groups is 1. The third kappa shape index (κ3) is 2.51. The molecule has 1 aliphatic rings. The Hall–Kier alpha value is -1.75. The largest absolute Gasteiger partial charge is 0.505 e. The predicted molar refractivity (Wildman–Crippen MR) is 75.1 cm³/mol. The normalized spacial score (nSPS) is 19.4. The summed E-state index contributed by atoms with van der Waals surface area (Å²) in [5.74, 6) is -0.282. The molecule has 1 saturated heterocycles. The van der Waals surface area contributed by atoms with E-state index in [4.69, 9.17) is 5.73 Å². The number of anilines is 1. The number of nitrogen functional groups attached to an aromatic ring is 1. The minimum absolute atomic E-state index is 0.0656. The molecule has 0 atom stereocenters. The Kier molecular flexibility index (Phi) is 3.41. The lowest BCUT2D eigenvalue weighted by atomic mass is 9.99. The Bertz CT molecular complexity index is 499. The maximum atomic E-state index is 12.5. The molecule has 0 spiro atoms. The molecule has 0 saturated carbocycles. The smallest absolute Gasteiger partial charge is 0.257 e. The number of aromatic hydroxyl groups is 1. The van der Waals surface area contributed by atoms with E-state index in [1.807, 2.05) is 0 Å². The second-order valence-electron chi connectivity index (χ2n) is 5.70. The summed E-state index contributed by atoms with van der Waals surface area (Å²) >= 11 is 0. The van der Waals surface area contributed by atoms with Gasteiger partial charge in [-0.2, -0.15) is 0 Å².